The van der Waals surface area contributed by atoms with Crippen LogP contribution in [-0.4, -0.2) is 25.9 Å². The van der Waals surface area contributed by atoms with E-state index in [1.807, 2.05) is 25.3 Å². The number of ether oxygens (including phenoxy) is 3. The number of hydrogen-bond donors (Lipinski definition) is 0. The van der Waals surface area contributed by atoms with Gasteiger partial charge in [0.05, 0.1) is 21.3 Å². The van der Waals surface area contributed by atoms with Gasteiger partial charge in [0.1, 0.15) is 0 Å². The summed E-state index contributed by atoms with van der Waals surface area (Å²) in [7, 11) is 6.87. The highest BCUT2D eigenvalue weighted by Crippen LogP contribution is 2.38. The molecule has 0 N–H and O–H groups in total. The molecule has 0 radical (unpaired) electrons. The van der Waals surface area contributed by atoms with Crippen LogP contribution in [0.2, 0.25) is 0 Å². The van der Waals surface area contributed by atoms with E-state index in [0.717, 1.165) is 15.6 Å². The molecule has 0 bridgehead atoms. The van der Waals surface area contributed by atoms with E-state index >= 15 is 0 Å². The highest BCUT2D eigenvalue weighted by Gasteiger charge is 2.12. The Labute approximate surface area is 155 Å². The van der Waals surface area contributed by atoms with Crippen LogP contribution < -0.4 is 14.2 Å². The van der Waals surface area contributed by atoms with Crippen molar-refractivity contribution in [1.82, 2.24) is 4.57 Å². The number of nitrogens with zero attached hydrogens (tertiary/aromatic N) is 1. The lowest BCUT2D eigenvalue weighted by Crippen LogP contribution is -1.95. The van der Waals surface area contributed by atoms with E-state index in [2.05, 4.69) is 51.0 Å². The predicted molar refractivity (Wildman–Crippen MR) is 106 cm³/mol. The van der Waals surface area contributed by atoms with E-state index < -0.39 is 0 Å². The third-order valence-corrected chi connectivity index (χ3v) is 4.75. The van der Waals surface area contributed by atoms with Crippen LogP contribution in [0.4, 0.5) is 0 Å². The van der Waals surface area contributed by atoms with Crippen molar-refractivity contribution in [2.75, 3.05) is 21.3 Å². The maximum absolute atomic E-state index is 5.40. The average Bonchev–Trinajstić information content (AvgIpc) is 2.92. The Morgan fingerprint density at radius 1 is 0.880 bits per heavy atom. The second-order valence-electron chi connectivity index (χ2n) is 5.66. The molecular weight excluding hydrogens is 382 g/mol. The molecule has 2 aromatic carbocycles. The SMILES string of the molecule is COc1cc(/C=C\c2ccc3c(c2)c(Br)cn3C)cc(OC)c1OC. The van der Waals surface area contributed by atoms with Crippen molar-refractivity contribution in [2.45, 2.75) is 0 Å². The molecule has 0 spiro atoms. The van der Waals surface area contributed by atoms with Gasteiger partial charge in [0.25, 0.3) is 0 Å². The molecule has 0 aliphatic carbocycles. The van der Waals surface area contributed by atoms with E-state index in [0.29, 0.717) is 17.2 Å². The molecule has 25 heavy (non-hydrogen) atoms. The fraction of sp³-hybridized carbons (Fsp3) is 0.200. The zero-order valence-corrected chi connectivity index (χ0v) is 16.3. The van der Waals surface area contributed by atoms with Crippen molar-refractivity contribution in [3.8, 4) is 17.2 Å². The molecule has 0 unspecified atom stereocenters. The molecule has 130 valence electrons. The van der Waals surface area contributed by atoms with E-state index in [1.165, 1.54) is 10.9 Å². The molecule has 0 fully saturated rings. The summed E-state index contributed by atoms with van der Waals surface area (Å²) in [6.45, 7) is 0. The number of halogens is 1. The van der Waals surface area contributed by atoms with Gasteiger partial charge in [0.2, 0.25) is 5.75 Å². The highest BCUT2D eigenvalue weighted by atomic mass is 79.9. The number of fused-ring (bicyclic) bond motifs is 1. The zero-order valence-electron chi connectivity index (χ0n) is 14.7. The summed E-state index contributed by atoms with van der Waals surface area (Å²) in [4.78, 5) is 0. The number of aryl methyl sites for hydroxylation is 1. The largest absolute Gasteiger partial charge is 0.493 e. The quantitative estimate of drug-likeness (QED) is 0.555. The van der Waals surface area contributed by atoms with Crippen LogP contribution in [0.5, 0.6) is 17.2 Å². The zero-order chi connectivity index (χ0) is 18.0. The summed E-state index contributed by atoms with van der Waals surface area (Å²) < 4.78 is 19.4. The fourth-order valence-electron chi connectivity index (χ4n) is 2.86. The summed E-state index contributed by atoms with van der Waals surface area (Å²) >= 11 is 3.61. The Balaban J connectivity index is 1.97. The van der Waals surface area contributed by atoms with Gasteiger partial charge in [-0.25, -0.2) is 0 Å². The molecule has 4 nitrogen and oxygen atoms in total. The minimum Gasteiger partial charge on any atom is -0.493 e. The summed E-state index contributed by atoms with van der Waals surface area (Å²) in [5, 5.41) is 1.19. The lowest BCUT2D eigenvalue weighted by molar-refractivity contribution is 0.324. The Hall–Kier alpha value is -2.40. The fourth-order valence-corrected chi connectivity index (χ4v) is 3.48. The van der Waals surface area contributed by atoms with Crippen molar-refractivity contribution >= 4 is 39.0 Å². The van der Waals surface area contributed by atoms with E-state index in [1.54, 1.807) is 21.3 Å². The second kappa shape index (κ2) is 7.23. The molecule has 5 heteroatoms. The molecule has 0 saturated heterocycles. The van der Waals surface area contributed by atoms with Crippen LogP contribution in [0.15, 0.2) is 41.0 Å². The van der Waals surface area contributed by atoms with Gasteiger partial charge >= 0.3 is 0 Å². The van der Waals surface area contributed by atoms with Crippen molar-refractivity contribution in [3.05, 3.63) is 52.1 Å². The number of methoxy groups -OCH3 is 3. The van der Waals surface area contributed by atoms with Crippen LogP contribution in [0, 0.1) is 0 Å². The summed E-state index contributed by atoms with van der Waals surface area (Å²) in [6, 6.07) is 10.2. The molecule has 3 rings (SSSR count). The molecule has 0 atom stereocenters. The van der Waals surface area contributed by atoms with Crippen LogP contribution in [-0.2, 0) is 7.05 Å². The van der Waals surface area contributed by atoms with Gasteiger partial charge in [0.15, 0.2) is 11.5 Å². The van der Waals surface area contributed by atoms with E-state index in [9.17, 15) is 0 Å². The molecule has 1 aromatic heterocycles. The Morgan fingerprint density at radius 3 is 2.12 bits per heavy atom. The van der Waals surface area contributed by atoms with Gasteiger partial charge in [-0.1, -0.05) is 18.2 Å². The summed E-state index contributed by atoms with van der Waals surface area (Å²) in [5.41, 5.74) is 3.28. The van der Waals surface area contributed by atoms with Crippen LogP contribution in [0.3, 0.4) is 0 Å². The first-order valence-corrected chi connectivity index (χ1v) is 8.59. The molecule has 0 saturated carbocycles. The van der Waals surface area contributed by atoms with Gasteiger partial charge in [-0.2, -0.15) is 0 Å². The van der Waals surface area contributed by atoms with E-state index in [4.69, 9.17) is 14.2 Å². The van der Waals surface area contributed by atoms with Crippen molar-refractivity contribution in [3.63, 3.8) is 0 Å². The number of rotatable bonds is 5. The Kier molecular flexibility index (Phi) is 5.04. The molecular formula is C20H20BrNO3. The van der Waals surface area contributed by atoms with Gasteiger partial charge in [-0.15, -0.1) is 0 Å². The first-order chi connectivity index (χ1) is 12.1. The lowest BCUT2D eigenvalue weighted by atomic mass is 10.1. The minimum absolute atomic E-state index is 0.594. The lowest BCUT2D eigenvalue weighted by Gasteiger charge is -2.12. The van der Waals surface area contributed by atoms with Gasteiger partial charge < -0.3 is 18.8 Å². The Bertz CT molecular complexity index is 919. The van der Waals surface area contributed by atoms with Crippen molar-refractivity contribution in [2.24, 2.45) is 7.05 Å². The monoisotopic (exact) mass is 401 g/mol. The normalized spacial score (nSPS) is 11.2. The molecule has 0 aliphatic heterocycles. The van der Waals surface area contributed by atoms with Gasteiger partial charge in [-0.3, -0.25) is 0 Å². The molecule has 1 heterocycles. The van der Waals surface area contributed by atoms with Crippen LogP contribution >= 0.6 is 15.9 Å². The topological polar surface area (TPSA) is 32.6 Å². The first kappa shape index (κ1) is 17.4. The minimum atomic E-state index is 0.594. The standard InChI is InChI=1S/C20H20BrNO3/c1-22-12-16(21)15-9-13(7-8-17(15)22)5-6-14-10-18(23-2)20(25-4)19(11-14)24-3/h5-12H,1-4H3/b6-5-. The molecule has 0 aliphatic rings. The van der Waals surface area contributed by atoms with Crippen molar-refractivity contribution < 1.29 is 14.2 Å². The first-order valence-electron chi connectivity index (χ1n) is 7.80. The third-order valence-electron chi connectivity index (χ3n) is 4.12. The van der Waals surface area contributed by atoms with Crippen LogP contribution in [0.25, 0.3) is 23.1 Å². The third kappa shape index (κ3) is 3.37. The summed E-state index contributed by atoms with van der Waals surface area (Å²) in [6.07, 6.45) is 6.17. The van der Waals surface area contributed by atoms with Crippen LogP contribution in [0.1, 0.15) is 11.1 Å². The maximum atomic E-state index is 5.40. The number of aromatic nitrogens is 1. The van der Waals surface area contributed by atoms with E-state index in [-0.39, 0.29) is 0 Å². The second-order valence-corrected chi connectivity index (χ2v) is 6.51. The number of hydrogen-bond acceptors (Lipinski definition) is 3. The number of benzene rings is 2. The smallest absolute Gasteiger partial charge is 0.203 e. The van der Waals surface area contributed by atoms with Crippen molar-refractivity contribution in [1.29, 1.82) is 0 Å². The van der Waals surface area contributed by atoms with Gasteiger partial charge in [-0.05, 0) is 51.3 Å². The average molecular weight is 402 g/mol. The highest BCUT2D eigenvalue weighted by molar-refractivity contribution is 9.10. The predicted octanol–water partition coefficient (Wildman–Crippen LogP) is 5.14. The Morgan fingerprint density at radius 2 is 1.52 bits per heavy atom. The van der Waals surface area contributed by atoms with Gasteiger partial charge in [0, 0.05) is 28.6 Å². The molecule has 3 aromatic rings. The molecule has 0 amide bonds. The summed E-state index contributed by atoms with van der Waals surface area (Å²) in [5.74, 6) is 1.88. The maximum Gasteiger partial charge on any atom is 0.203 e.